The van der Waals surface area contributed by atoms with Gasteiger partial charge in [-0.1, -0.05) is 32.6 Å². The summed E-state index contributed by atoms with van der Waals surface area (Å²) in [7, 11) is 0. The molecule has 1 saturated carbocycles. The standard InChI is InChI=1S/C17H30N2O3/c1-2-3-13-22-17(21)19-11-9-15(10-12-19)18-16(20)14-7-5-4-6-8-14/h14-15H,2-13H2,1H3,(H,18,20). The Morgan fingerprint density at radius 2 is 1.77 bits per heavy atom. The highest BCUT2D eigenvalue weighted by Gasteiger charge is 2.27. The molecule has 5 heteroatoms. The van der Waals surface area contributed by atoms with Crippen LogP contribution in [-0.4, -0.2) is 42.6 Å². The molecular formula is C17H30N2O3. The number of hydrogen-bond acceptors (Lipinski definition) is 3. The topological polar surface area (TPSA) is 58.6 Å². The van der Waals surface area contributed by atoms with Crippen molar-refractivity contribution in [2.45, 2.75) is 70.8 Å². The molecule has 2 aliphatic rings. The SMILES string of the molecule is CCCCOC(=O)N1CCC(NC(=O)C2CCCCC2)CC1. The number of carbonyl (C=O) groups excluding carboxylic acids is 2. The maximum absolute atomic E-state index is 12.2. The lowest BCUT2D eigenvalue weighted by Gasteiger charge is -2.33. The minimum Gasteiger partial charge on any atom is -0.449 e. The summed E-state index contributed by atoms with van der Waals surface area (Å²) < 4.78 is 5.23. The molecule has 22 heavy (non-hydrogen) atoms. The Morgan fingerprint density at radius 1 is 1.09 bits per heavy atom. The molecule has 2 rings (SSSR count). The van der Waals surface area contributed by atoms with Crippen LogP contribution in [0.4, 0.5) is 4.79 Å². The number of carbonyl (C=O) groups is 2. The third-order valence-electron chi connectivity index (χ3n) is 4.80. The fourth-order valence-electron chi connectivity index (χ4n) is 3.29. The number of hydrogen-bond donors (Lipinski definition) is 1. The van der Waals surface area contributed by atoms with Crippen molar-refractivity contribution in [3.8, 4) is 0 Å². The van der Waals surface area contributed by atoms with Crippen LogP contribution in [0.5, 0.6) is 0 Å². The second-order valence-corrected chi connectivity index (χ2v) is 6.57. The summed E-state index contributed by atoms with van der Waals surface area (Å²) in [6.07, 6.45) is 9.11. The van der Waals surface area contributed by atoms with E-state index in [1.807, 2.05) is 0 Å². The Bertz CT molecular complexity index is 359. The molecule has 1 heterocycles. The molecule has 0 aromatic rings. The van der Waals surface area contributed by atoms with Gasteiger partial charge in [0.2, 0.25) is 5.91 Å². The van der Waals surface area contributed by atoms with Gasteiger partial charge in [-0.05, 0) is 32.1 Å². The van der Waals surface area contributed by atoms with E-state index in [4.69, 9.17) is 4.74 Å². The molecule has 126 valence electrons. The van der Waals surface area contributed by atoms with Crippen molar-refractivity contribution in [2.75, 3.05) is 19.7 Å². The predicted octanol–water partition coefficient (Wildman–Crippen LogP) is 3.08. The number of rotatable bonds is 5. The van der Waals surface area contributed by atoms with Crippen LogP contribution in [0.1, 0.15) is 64.7 Å². The summed E-state index contributed by atoms with van der Waals surface area (Å²) >= 11 is 0. The average molecular weight is 310 g/mol. The number of likely N-dealkylation sites (tertiary alicyclic amines) is 1. The van der Waals surface area contributed by atoms with Gasteiger partial charge in [0, 0.05) is 25.0 Å². The van der Waals surface area contributed by atoms with Gasteiger partial charge in [0.1, 0.15) is 0 Å². The Balaban J connectivity index is 1.66. The molecule has 1 aliphatic carbocycles. The largest absolute Gasteiger partial charge is 0.449 e. The zero-order valence-electron chi connectivity index (χ0n) is 13.8. The minimum absolute atomic E-state index is 0.203. The molecule has 0 bridgehead atoms. The van der Waals surface area contributed by atoms with E-state index in [9.17, 15) is 9.59 Å². The van der Waals surface area contributed by atoms with Crippen LogP contribution in [0.25, 0.3) is 0 Å². The van der Waals surface area contributed by atoms with Crippen LogP contribution in [0.2, 0.25) is 0 Å². The summed E-state index contributed by atoms with van der Waals surface area (Å²) in [5, 5.41) is 3.18. The minimum atomic E-state index is -0.203. The van der Waals surface area contributed by atoms with Crippen molar-refractivity contribution >= 4 is 12.0 Å². The van der Waals surface area contributed by atoms with Gasteiger partial charge in [0.05, 0.1) is 6.61 Å². The maximum Gasteiger partial charge on any atom is 0.409 e. The summed E-state index contributed by atoms with van der Waals surface area (Å²) in [6, 6.07) is 0.217. The van der Waals surface area contributed by atoms with E-state index in [2.05, 4.69) is 12.2 Å². The number of piperidine rings is 1. The van der Waals surface area contributed by atoms with E-state index in [0.29, 0.717) is 19.7 Å². The highest BCUT2D eigenvalue weighted by Crippen LogP contribution is 2.24. The van der Waals surface area contributed by atoms with Gasteiger partial charge < -0.3 is 15.0 Å². The fraction of sp³-hybridized carbons (Fsp3) is 0.882. The van der Waals surface area contributed by atoms with E-state index in [1.165, 1.54) is 19.3 Å². The van der Waals surface area contributed by atoms with Gasteiger partial charge in [0.25, 0.3) is 0 Å². The first kappa shape index (κ1) is 17.1. The first-order valence-corrected chi connectivity index (χ1v) is 8.92. The number of nitrogens with zero attached hydrogens (tertiary/aromatic N) is 1. The lowest BCUT2D eigenvalue weighted by molar-refractivity contribution is -0.126. The molecule has 0 radical (unpaired) electrons. The molecule has 0 atom stereocenters. The Labute approximate surface area is 133 Å². The van der Waals surface area contributed by atoms with Crippen molar-refractivity contribution in [3.63, 3.8) is 0 Å². The molecule has 5 nitrogen and oxygen atoms in total. The maximum atomic E-state index is 12.2. The molecule has 1 aliphatic heterocycles. The van der Waals surface area contributed by atoms with E-state index in [0.717, 1.165) is 38.5 Å². The molecule has 0 aromatic carbocycles. The summed E-state index contributed by atoms with van der Waals surface area (Å²) in [5.74, 6) is 0.439. The van der Waals surface area contributed by atoms with Gasteiger partial charge >= 0.3 is 6.09 Å². The summed E-state index contributed by atoms with van der Waals surface area (Å²) in [4.78, 5) is 25.9. The Hall–Kier alpha value is -1.26. The van der Waals surface area contributed by atoms with Crippen molar-refractivity contribution in [1.82, 2.24) is 10.2 Å². The number of nitrogens with one attached hydrogen (secondary N) is 1. The van der Waals surface area contributed by atoms with E-state index in [1.54, 1.807) is 4.90 Å². The van der Waals surface area contributed by atoms with E-state index >= 15 is 0 Å². The molecule has 0 unspecified atom stereocenters. The van der Waals surface area contributed by atoms with Crippen LogP contribution in [0.3, 0.4) is 0 Å². The van der Waals surface area contributed by atoms with Crippen LogP contribution in [-0.2, 0) is 9.53 Å². The van der Waals surface area contributed by atoms with Gasteiger partial charge in [-0.3, -0.25) is 4.79 Å². The fourth-order valence-corrected chi connectivity index (χ4v) is 3.29. The van der Waals surface area contributed by atoms with Crippen molar-refractivity contribution < 1.29 is 14.3 Å². The van der Waals surface area contributed by atoms with Gasteiger partial charge in [-0.15, -0.1) is 0 Å². The van der Waals surface area contributed by atoms with Crippen molar-refractivity contribution in [3.05, 3.63) is 0 Å². The van der Waals surface area contributed by atoms with Crippen molar-refractivity contribution in [1.29, 1.82) is 0 Å². The molecule has 2 fully saturated rings. The molecule has 2 amide bonds. The number of amides is 2. The van der Waals surface area contributed by atoms with Crippen molar-refractivity contribution in [2.24, 2.45) is 5.92 Å². The molecular weight excluding hydrogens is 280 g/mol. The third kappa shape index (κ3) is 5.18. The van der Waals surface area contributed by atoms with Crippen LogP contribution >= 0.6 is 0 Å². The second-order valence-electron chi connectivity index (χ2n) is 6.57. The molecule has 0 aromatic heterocycles. The average Bonchev–Trinajstić information content (AvgIpc) is 2.56. The van der Waals surface area contributed by atoms with Gasteiger partial charge in [0.15, 0.2) is 0 Å². The van der Waals surface area contributed by atoms with E-state index in [-0.39, 0.29) is 24.0 Å². The lowest BCUT2D eigenvalue weighted by atomic mass is 9.88. The summed E-state index contributed by atoms with van der Waals surface area (Å²) in [6.45, 7) is 3.95. The van der Waals surface area contributed by atoms with E-state index < -0.39 is 0 Å². The summed E-state index contributed by atoms with van der Waals surface area (Å²) in [5.41, 5.74) is 0. The third-order valence-corrected chi connectivity index (χ3v) is 4.80. The number of unbranched alkanes of at least 4 members (excludes halogenated alkanes) is 1. The molecule has 1 N–H and O–H groups in total. The van der Waals surface area contributed by atoms with Crippen LogP contribution < -0.4 is 5.32 Å². The highest BCUT2D eigenvalue weighted by molar-refractivity contribution is 5.79. The van der Waals surface area contributed by atoms with Crippen LogP contribution in [0.15, 0.2) is 0 Å². The monoisotopic (exact) mass is 310 g/mol. The lowest BCUT2D eigenvalue weighted by Crippen LogP contribution is -2.48. The predicted molar refractivity (Wildman–Crippen MR) is 85.6 cm³/mol. The number of ether oxygens (including phenoxy) is 1. The Kier molecular flexibility index (Phi) is 7.00. The van der Waals surface area contributed by atoms with Gasteiger partial charge in [-0.25, -0.2) is 4.79 Å². The normalized spacial score (nSPS) is 20.7. The molecule has 0 spiro atoms. The zero-order chi connectivity index (χ0) is 15.8. The first-order valence-electron chi connectivity index (χ1n) is 8.92. The Morgan fingerprint density at radius 3 is 2.41 bits per heavy atom. The smallest absolute Gasteiger partial charge is 0.409 e. The highest BCUT2D eigenvalue weighted by atomic mass is 16.6. The quantitative estimate of drug-likeness (QED) is 0.794. The van der Waals surface area contributed by atoms with Crippen LogP contribution in [0, 0.1) is 5.92 Å². The molecule has 1 saturated heterocycles. The first-order chi connectivity index (χ1) is 10.7. The zero-order valence-corrected chi connectivity index (χ0v) is 13.8. The second kappa shape index (κ2) is 9.01. The van der Waals surface area contributed by atoms with Gasteiger partial charge in [-0.2, -0.15) is 0 Å².